The third-order valence-corrected chi connectivity index (χ3v) is 9.32. The Labute approximate surface area is 373 Å². The number of aromatic carboxylic acids is 1. The summed E-state index contributed by atoms with van der Waals surface area (Å²) in [6.45, 7) is 4.78. The zero-order valence-corrected chi connectivity index (χ0v) is 35.7. The molecule has 6 aromatic rings. The van der Waals surface area contributed by atoms with Crippen molar-refractivity contribution in [2.24, 2.45) is 11.7 Å². The van der Waals surface area contributed by atoms with Gasteiger partial charge in [-0.1, -0.05) is 73.4 Å². The van der Waals surface area contributed by atoms with Crippen molar-refractivity contribution in [2.75, 3.05) is 10.6 Å². The van der Waals surface area contributed by atoms with Crippen molar-refractivity contribution in [1.82, 2.24) is 39.5 Å². The minimum absolute atomic E-state index is 0.0653. The number of nitrogens with one attached hydrogen (secondary N) is 2. The number of anilines is 4. The van der Waals surface area contributed by atoms with Crippen LogP contribution in [-0.4, -0.2) is 62.4 Å². The number of hydrogen-bond acceptors (Lipinski definition) is 15. The molecule has 320 valence electrons. The average Bonchev–Trinajstić information content (AvgIpc) is 3.96. The Hall–Kier alpha value is -7.74. The average molecular weight is 887 g/mol. The summed E-state index contributed by atoms with van der Waals surface area (Å²) < 4.78 is 3.31. The van der Waals surface area contributed by atoms with Crippen LogP contribution in [0.3, 0.4) is 0 Å². The van der Waals surface area contributed by atoms with Crippen molar-refractivity contribution in [2.45, 2.75) is 65.1 Å². The number of nitrogens with zero attached hydrogens (tertiary/aromatic N) is 12. The molecule has 18 nitrogen and oxygen atoms in total. The predicted octanol–water partition coefficient (Wildman–Crippen LogP) is 8.37. The predicted molar refractivity (Wildman–Crippen MR) is 236 cm³/mol. The van der Waals surface area contributed by atoms with Crippen molar-refractivity contribution >= 4 is 58.2 Å². The number of carbonyl (C=O) groups excluding carboxylic acids is 1. The van der Waals surface area contributed by atoms with E-state index in [1.165, 1.54) is 24.5 Å². The van der Waals surface area contributed by atoms with Crippen molar-refractivity contribution < 1.29 is 14.7 Å². The summed E-state index contributed by atoms with van der Waals surface area (Å²) in [5, 5.41) is 58.4. The van der Waals surface area contributed by atoms with Gasteiger partial charge in [0.1, 0.15) is 0 Å². The second-order valence-electron chi connectivity index (χ2n) is 13.3. The molecule has 0 bridgehead atoms. The molecular weight excluding hydrogens is 845 g/mol. The van der Waals surface area contributed by atoms with Gasteiger partial charge in [0.05, 0.1) is 125 Å². The zero-order valence-electron chi connectivity index (χ0n) is 34.2. The minimum Gasteiger partial charge on any atom is -0.478 e. The number of benzene rings is 2. The molecule has 4 aromatic heterocycles. The maximum Gasteiger partial charge on any atom is 0.335 e. The lowest BCUT2D eigenvalue weighted by atomic mass is 9.96. The van der Waals surface area contributed by atoms with Crippen LogP contribution in [0.5, 0.6) is 0 Å². The number of aromatic nitrogens is 8. The highest BCUT2D eigenvalue weighted by molar-refractivity contribution is 6.33. The lowest BCUT2D eigenvalue weighted by Crippen LogP contribution is -2.14. The van der Waals surface area contributed by atoms with Gasteiger partial charge in [-0.15, -0.1) is 0 Å². The van der Waals surface area contributed by atoms with E-state index in [9.17, 15) is 9.59 Å². The molecule has 2 aromatic carbocycles. The molecule has 0 aliphatic rings. The van der Waals surface area contributed by atoms with E-state index in [-0.39, 0.29) is 29.7 Å². The zero-order chi connectivity index (χ0) is 45.7. The molecular formula is C43H41Cl2N15O3. The molecule has 0 saturated carbocycles. The van der Waals surface area contributed by atoms with E-state index in [1.807, 2.05) is 19.9 Å². The van der Waals surface area contributed by atoms with Gasteiger partial charge in [-0.2, -0.15) is 31.2 Å². The molecule has 0 aliphatic carbocycles. The fourth-order valence-corrected chi connectivity index (χ4v) is 5.65. The Morgan fingerprint density at radius 3 is 1.54 bits per heavy atom. The SMILES string of the molecule is CC[C@@H](C#N)CC(=O)c1ccc(-c2nc(Nc3cnn(CCC#N)c3)ncc2Cl)cc1.CC[C@H](N)C#N.N#CCCn1cc(Nc2ncc(Cl)c(-c3ccc(C(=O)O)cc3)n2)cn1. The van der Waals surface area contributed by atoms with Gasteiger partial charge >= 0.3 is 5.97 Å². The van der Waals surface area contributed by atoms with Crippen molar-refractivity contribution in [3.63, 3.8) is 0 Å². The number of nitrogens with two attached hydrogens (primary N) is 1. The van der Waals surface area contributed by atoms with Crippen LogP contribution in [0, 0.1) is 51.2 Å². The molecule has 2 atom stereocenters. The lowest BCUT2D eigenvalue weighted by Gasteiger charge is -2.09. The molecule has 0 radical (unpaired) electrons. The van der Waals surface area contributed by atoms with Gasteiger partial charge in [0.15, 0.2) is 5.78 Å². The maximum atomic E-state index is 12.4. The number of aryl methyl sites for hydroxylation is 2. The van der Waals surface area contributed by atoms with Gasteiger partial charge in [-0.3, -0.25) is 14.2 Å². The van der Waals surface area contributed by atoms with E-state index in [0.29, 0.717) is 88.2 Å². The summed E-state index contributed by atoms with van der Waals surface area (Å²) >= 11 is 12.5. The van der Waals surface area contributed by atoms with Crippen LogP contribution in [0.2, 0.25) is 10.0 Å². The van der Waals surface area contributed by atoms with Gasteiger partial charge < -0.3 is 21.5 Å². The largest absolute Gasteiger partial charge is 0.478 e. The molecule has 20 heteroatoms. The van der Waals surface area contributed by atoms with Crippen molar-refractivity contribution in [3.05, 3.63) is 107 Å². The molecule has 0 aliphatic heterocycles. The van der Waals surface area contributed by atoms with Gasteiger partial charge in [-0.05, 0) is 25.0 Å². The highest BCUT2D eigenvalue weighted by atomic mass is 35.5. The standard InChI is InChI=1S/C22H20ClN7O.C17H13ClN6O2.C4H8N2/c1-2-15(11-25)10-20(31)16-4-6-17(7-5-16)21-19(23)13-26-22(29-21)28-18-12-27-30(14-18)9-3-8-24;18-14-9-20-17(22-13-8-21-24(10-13)7-1-6-19)23-15(14)11-2-4-12(5-3-11)16(25)26;1-2-4(6)3-5/h4-7,12-15H,2-3,9-10H2,1H3,(H,26,28,29);2-5,8-10H,1,7H2,(H,25,26)(H,20,22,23);4H,2,6H2,1H3/t15-;;4-/m1.0/s1. The Balaban J connectivity index is 0.000000248. The second-order valence-corrected chi connectivity index (χ2v) is 14.1. The van der Waals surface area contributed by atoms with Crippen LogP contribution in [0.15, 0.2) is 85.7 Å². The molecule has 0 amide bonds. The van der Waals surface area contributed by atoms with Gasteiger partial charge in [0.2, 0.25) is 11.9 Å². The number of halogens is 2. The normalized spacial score (nSPS) is 11.1. The van der Waals surface area contributed by atoms with Crippen molar-refractivity contribution in [3.8, 4) is 46.8 Å². The van der Waals surface area contributed by atoms with Crippen LogP contribution >= 0.6 is 23.2 Å². The minimum atomic E-state index is -0.999. The second kappa shape index (κ2) is 24.5. The summed E-state index contributed by atoms with van der Waals surface area (Å²) in [6, 6.07) is 21.2. The first-order valence-corrected chi connectivity index (χ1v) is 20.1. The first-order chi connectivity index (χ1) is 30.4. The van der Waals surface area contributed by atoms with E-state index in [1.54, 1.807) is 70.5 Å². The summed E-state index contributed by atoms with van der Waals surface area (Å²) in [6.07, 6.45) is 12.1. The van der Waals surface area contributed by atoms with Crippen LogP contribution < -0.4 is 16.4 Å². The van der Waals surface area contributed by atoms with Crippen LogP contribution in [-0.2, 0) is 13.1 Å². The fraction of sp³-hybridized carbons (Fsp3) is 0.256. The number of hydrogen-bond donors (Lipinski definition) is 4. The topological polar surface area (TPSA) is 287 Å². The summed E-state index contributed by atoms with van der Waals surface area (Å²) in [7, 11) is 0. The van der Waals surface area contributed by atoms with Crippen LogP contribution in [0.25, 0.3) is 22.5 Å². The first kappa shape index (κ1) is 47.9. The number of ketones is 1. The number of carboxylic acid groups (broad SMARTS) is 1. The smallest absolute Gasteiger partial charge is 0.335 e. The number of Topliss-reactive ketones (excluding diaryl/α,β-unsaturated/α-hetero) is 1. The van der Waals surface area contributed by atoms with E-state index in [2.05, 4.69) is 59.0 Å². The Morgan fingerprint density at radius 1 is 0.714 bits per heavy atom. The third-order valence-electron chi connectivity index (χ3n) is 8.77. The van der Waals surface area contributed by atoms with Gasteiger partial charge in [0, 0.05) is 35.5 Å². The number of carbonyl (C=O) groups is 2. The Kier molecular flexibility index (Phi) is 18.6. The monoisotopic (exact) mass is 885 g/mol. The highest BCUT2D eigenvalue weighted by Gasteiger charge is 2.15. The third kappa shape index (κ3) is 14.7. The lowest BCUT2D eigenvalue weighted by molar-refractivity contribution is 0.0696. The number of rotatable bonds is 16. The van der Waals surface area contributed by atoms with Gasteiger partial charge in [0.25, 0.3) is 0 Å². The number of nitriles is 4. The molecule has 6 rings (SSSR count). The first-order valence-electron chi connectivity index (χ1n) is 19.3. The summed E-state index contributed by atoms with van der Waals surface area (Å²) in [4.78, 5) is 40.5. The molecule has 0 spiro atoms. The summed E-state index contributed by atoms with van der Waals surface area (Å²) in [5.74, 6) is -0.669. The van der Waals surface area contributed by atoms with E-state index in [4.69, 9.17) is 55.1 Å². The fourth-order valence-electron chi connectivity index (χ4n) is 5.25. The number of carboxylic acids is 1. The van der Waals surface area contributed by atoms with Crippen LogP contribution in [0.4, 0.5) is 23.3 Å². The Bertz CT molecular complexity index is 2640. The molecule has 0 fully saturated rings. The van der Waals surface area contributed by atoms with E-state index < -0.39 is 5.97 Å². The highest BCUT2D eigenvalue weighted by Crippen LogP contribution is 2.29. The van der Waals surface area contributed by atoms with Gasteiger partial charge in [-0.25, -0.2) is 24.7 Å². The van der Waals surface area contributed by atoms with Crippen molar-refractivity contribution in [1.29, 1.82) is 21.0 Å². The molecule has 63 heavy (non-hydrogen) atoms. The summed E-state index contributed by atoms with van der Waals surface area (Å²) in [5.41, 5.74) is 9.64. The van der Waals surface area contributed by atoms with E-state index in [0.717, 1.165) is 12.0 Å². The van der Waals surface area contributed by atoms with E-state index >= 15 is 0 Å². The molecule has 4 heterocycles. The molecule has 0 unspecified atom stereocenters. The Morgan fingerprint density at radius 2 is 1.17 bits per heavy atom. The molecule has 0 saturated heterocycles. The quantitative estimate of drug-likeness (QED) is 0.0664. The molecule has 5 N–H and O–H groups in total. The maximum absolute atomic E-state index is 12.4. The van der Waals surface area contributed by atoms with Crippen LogP contribution in [0.1, 0.15) is 66.7 Å².